The number of hydrogen-bond acceptors (Lipinski definition) is 5. The molecule has 0 unspecified atom stereocenters. The fourth-order valence-electron chi connectivity index (χ4n) is 3.02. The molecule has 2 heterocycles. The monoisotopic (exact) mass is 380 g/mol. The third kappa shape index (κ3) is 3.90. The summed E-state index contributed by atoms with van der Waals surface area (Å²) >= 11 is 5.95. The molecule has 0 radical (unpaired) electrons. The highest BCUT2D eigenvalue weighted by atomic mass is 35.5. The number of rotatable bonds is 2. The Labute approximate surface area is 155 Å². The Morgan fingerprint density at radius 2 is 2.00 bits per heavy atom. The number of nitro benzene ring substituents is 1. The summed E-state index contributed by atoms with van der Waals surface area (Å²) < 4.78 is 7.22. The molecule has 1 saturated heterocycles. The molecule has 0 spiro atoms. The van der Waals surface area contributed by atoms with Crippen molar-refractivity contribution in [1.29, 1.82) is 0 Å². The molecule has 1 aromatic heterocycles. The summed E-state index contributed by atoms with van der Waals surface area (Å²) in [6.07, 6.45) is 2.97. The lowest BCUT2D eigenvalue weighted by atomic mass is 10.1. The van der Waals surface area contributed by atoms with Gasteiger partial charge in [0.1, 0.15) is 10.6 Å². The number of fused-ring (bicyclic) bond motifs is 1. The van der Waals surface area contributed by atoms with Gasteiger partial charge in [0.2, 0.25) is 0 Å². The average Bonchev–Trinajstić information content (AvgIpc) is 2.95. The maximum Gasteiger partial charge on any atom is 0.410 e. The van der Waals surface area contributed by atoms with Crippen molar-refractivity contribution in [2.45, 2.75) is 45.3 Å². The molecule has 3 rings (SSSR count). The van der Waals surface area contributed by atoms with Crippen molar-refractivity contribution in [2.24, 2.45) is 0 Å². The molecule has 0 aliphatic carbocycles. The van der Waals surface area contributed by atoms with E-state index in [2.05, 4.69) is 5.10 Å². The van der Waals surface area contributed by atoms with Crippen molar-refractivity contribution in [1.82, 2.24) is 14.7 Å². The topological polar surface area (TPSA) is 90.5 Å². The van der Waals surface area contributed by atoms with Crippen LogP contribution in [0.1, 0.15) is 39.7 Å². The van der Waals surface area contributed by atoms with Crippen LogP contribution >= 0.6 is 11.6 Å². The lowest BCUT2D eigenvalue weighted by Crippen LogP contribution is -2.42. The number of ether oxygens (including phenoxy) is 1. The molecule has 140 valence electrons. The highest BCUT2D eigenvalue weighted by molar-refractivity contribution is 6.33. The summed E-state index contributed by atoms with van der Waals surface area (Å²) in [6.45, 7) is 6.69. The van der Waals surface area contributed by atoms with Gasteiger partial charge in [-0.05, 0) is 39.7 Å². The van der Waals surface area contributed by atoms with Crippen LogP contribution in [0.15, 0.2) is 18.3 Å². The van der Waals surface area contributed by atoms with Crippen LogP contribution in [-0.4, -0.2) is 44.4 Å². The number of amides is 1. The normalized spacial score (nSPS) is 16.1. The molecule has 0 bridgehead atoms. The minimum absolute atomic E-state index is 0.0764. The van der Waals surface area contributed by atoms with Gasteiger partial charge in [0.25, 0.3) is 5.69 Å². The second-order valence-electron chi connectivity index (χ2n) is 7.43. The van der Waals surface area contributed by atoms with E-state index in [1.54, 1.807) is 11.1 Å². The summed E-state index contributed by atoms with van der Waals surface area (Å²) in [6, 6.07) is 3.08. The van der Waals surface area contributed by atoms with Crippen LogP contribution < -0.4 is 0 Å². The maximum absolute atomic E-state index is 12.1. The number of carbonyl (C=O) groups excluding carboxylic acids is 1. The summed E-state index contributed by atoms with van der Waals surface area (Å²) in [5.74, 6) is 0. The molecule has 1 amide bonds. The van der Waals surface area contributed by atoms with E-state index >= 15 is 0 Å². The molecule has 0 atom stereocenters. The van der Waals surface area contributed by atoms with Crippen LogP contribution in [0, 0.1) is 10.1 Å². The SMILES string of the molecule is CC(C)(C)OC(=O)N1CCC(n2cc3cc([N+](=O)[O-])c(Cl)cc3n2)CC1. The van der Waals surface area contributed by atoms with E-state index in [4.69, 9.17) is 16.3 Å². The molecule has 0 N–H and O–H groups in total. The summed E-state index contributed by atoms with van der Waals surface area (Å²) in [5, 5.41) is 16.3. The van der Waals surface area contributed by atoms with Crippen LogP contribution in [0.3, 0.4) is 0 Å². The molecule has 1 aromatic carbocycles. The molecule has 1 fully saturated rings. The van der Waals surface area contributed by atoms with E-state index in [9.17, 15) is 14.9 Å². The number of aromatic nitrogens is 2. The highest BCUT2D eigenvalue weighted by Gasteiger charge is 2.28. The predicted octanol–water partition coefficient (Wildman–Crippen LogP) is 4.17. The molecule has 2 aromatic rings. The summed E-state index contributed by atoms with van der Waals surface area (Å²) in [7, 11) is 0. The minimum Gasteiger partial charge on any atom is -0.444 e. The summed E-state index contributed by atoms with van der Waals surface area (Å²) in [5.41, 5.74) is -0.0182. The van der Waals surface area contributed by atoms with Gasteiger partial charge in [-0.1, -0.05) is 11.6 Å². The van der Waals surface area contributed by atoms with Crippen LogP contribution in [0.4, 0.5) is 10.5 Å². The van der Waals surface area contributed by atoms with Crippen molar-refractivity contribution in [3.63, 3.8) is 0 Å². The highest BCUT2D eigenvalue weighted by Crippen LogP contribution is 2.31. The standard InChI is InChI=1S/C17H21ClN4O4/c1-17(2,3)26-16(23)20-6-4-12(5-7-20)21-10-11-8-15(22(24)25)13(18)9-14(11)19-21/h8-10,12H,4-7H2,1-3H3. The molecule has 8 nitrogen and oxygen atoms in total. The molecule has 26 heavy (non-hydrogen) atoms. The first-order valence-electron chi connectivity index (χ1n) is 8.45. The molecular weight excluding hydrogens is 360 g/mol. The lowest BCUT2D eigenvalue weighted by molar-refractivity contribution is -0.384. The smallest absolute Gasteiger partial charge is 0.410 e. The zero-order valence-electron chi connectivity index (χ0n) is 14.9. The van der Waals surface area contributed by atoms with Gasteiger partial charge in [-0.15, -0.1) is 0 Å². The van der Waals surface area contributed by atoms with Crippen molar-refractivity contribution < 1.29 is 14.5 Å². The lowest BCUT2D eigenvalue weighted by Gasteiger charge is -2.33. The first kappa shape index (κ1) is 18.4. The van der Waals surface area contributed by atoms with E-state index in [1.807, 2.05) is 25.5 Å². The second-order valence-corrected chi connectivity index (χ2v) is 7.83. The fourth-order valence-corrected chi connectivity index (χ4v) is 3.25. The Balaban J connectivity index is 1.71. The quantitative estimate of drug-likeness (QED) is 0.576. The number of nitro groups is 1. The number of likely N-dealkylation sites (tertiary alicyclic amines) is 1. The van der Waals surface area contributed by atoms with E-state index in [1.165, 1.54) is 12.1 Å². The molecule has 9 heteroatoms. The van der Waals surface area contributed by atoms with E-state index in [0.29, 0.717) is 24.0 Å². The second kappa shape index (κ2) is 6.75. The molecule has 0 saturated carbocycles. The molecular formula is C17H21ClN4O4. The van der Waals surface area contributed by atoms with Crippen LogP contribution in [0.2, 0.25) is 5.02 Å². The van der Waals surface area contributed by atoms with E-state index in [-0.39, 0.29) is 22.8 Å². The van der Waals surface area contributed by atoms with Crippen molar-refractivity contribution in [2.75, 3.05) is 13.1 Å². The first-order valence-corrected chi connectivity index (χ1v) is 8.82. The number of nitrogens with zero attached hydrogens (tertiary/aromatic N) is 4. The Bertz CT molecular complexity index is 850. The zero-order chi connectivity index (χ0) is 19.1. The minimum atomic E-state index is -0.512. The number of piperidine rings is 1. The fraction of sp³-hybridized carbons (Fsp3) is 0.529. The predicted molar refractivity (Wildman–Crippen MR) is 97.5 cm³/mol. The van der Waals surface area contributed by atoms with E-state index in [0.717, 1.165) is 12.8 Å². The van der Waals surface area contributed by atoms with Gasteiger partial charge < -0.3 is 9.64 Å². The van der Waals surface area contributed by atoms with Crippen molar-refractivity contribution in [3.8, 4) is 0 Å². The largest absolute Gasteiger partial charge is 0.444 e. The Hall–Kier alpha value is -2.35. The summed E-state index contributed by atoms with van der Waals surface area (Å²) in [4.78, 5) is 24.4. The van der Waals surface area contributed by atoms with Gasteiger partial charge in [-0.3, -0.25) is 14.8 Å². The Kier molecular flexibility index (Phi) is 4.79. The first-order chi connectivity index (χ1) is 12.1. The van der Waals surface area contributed by atoms with Crippen LogP contribution in [0.5, 0.6) is 0 Å². The van der Waals surface area contributed by atoms with Crippen LogP contribution in [-0.2, 0) is 4.74 Å². The van der Waals surface area contributed by atoms with Gasteiger partial charge in [0.15, 0.2) is 0 Å². The third-order valence-electron chi connectivity index (χ3n) is 4.28. The Morgan fingerprint density at radius 1 is 1.35 bits per heavy atom. The van der Waals surface area contributed by atoms with Gasteiger partial charge in [-0.2, -0.15) is 5.10 Å². The van der Waals surface area contributed by atoms with Crippen molar-refractivity contribution >= 4 is 34.3 Å². The number of hydrogen-bond donors (Lipinski definition) is 0. The number of halogens is 1. The maximum atomic E-state index is 12.1. The number of carbonyl (C=O) groups is 1. The van der Waals surface area contributed by atoms with Gasteiger partial charge in [0, 0.05) is 30.7 Å². The van der Waals surface area contributed by atoms with Gasteiger partial charge >= 0.3 is 6.09 Å². The molecule has 1 aliphatic heterocycles. The molecule has 1 aliphatic rings. The van der Waals surface area contributed by atoms with E-state index < -0.39 is 10.5 Å². The van der Waals surface area contributed by atoms with Gasteiger partial charge in [0.05, 0.1) is 16.5 Å². The Morgan fingerprint density at radius 3 is 2.58 bits per heavy atom. The number of benzene rings is 1. The average molecular weight is 381 g/mol. The zero-order valence-corrected chi connectivity index (χ0v) is 15.7. The third-order valence-corrected chi connectivity index (χ3v) is 4.58. The van der Waals surface area contributed by atoms with Gasteiger partial charge in [-0.25, -0.2) is 4.79 Å². The van der Waals surface area contributed by atoms with Crippen molar-refractivity contribution in [3.05, 3.63) is 33.5 Å². The van der Waals surface area contributed by atoms with Crippen LogP contribution in [0.25, 0.3) is 10.9 Å².